The summed E-state index contributed by atoms with van der Waals surface area (Å²) in [6.07, 6.45) is 2.62. The second kappa shape index (κ2) is 7.59. The SMILES string of the molecule is CN(C)CCc1c[nH]c2cccc(OP(=O)(O)O)c12.CO. The number of phosphoric acid groups is 1. The van der Waals surface area contributed by atoms with E-state index < -0.39 is 7.82 Å². The number of fused-ring (bicyclic) bond motifs is 1. The Morgan fingerprint density at radius 1 is 1.29 bits per heavy atom. The molecule has 2 rings (SSSR count). The van der Waals surface area contributed by atoms with E-state index in [1.54, 1.807) is 12.1 Å². The summed E-state index contributed by atoms with van der Waals surface area (Å²) < 4.78 is 15.8. The van der Waals surface area contributed by atoms with Gasteiger partial charge in [0.25, 0.3) is 0 Å². The van der Waals surface area contributed by atoms with Crippen molar-refractivity contribution in [2.75, 3.05) is 27.7 Å². The first-order valence-corrected chi connectivity index (χ1v) is 7.83. The first kappa shape index (κ1) is 17.7. The first-order valence-electron chi connectivity index (χ1n) is 6.30. The van der Waals surface area contributed by atoms with E-state index in [-0.39, 0.29) is 5.75 Å². The van der Waals surface area contributed by atoms with Crippen molar-refractivity contribution >= 4 is 18.7 Å². The second-order valence-corrected chi connectivity index (χ2v) is 5.79. The highest BCUT2D eigenvalue weighted by molar-refractivity contribution is 7.46. The summed E-state index contributed by atoms with van der Waals surface area (Å²) in [4.78, 5) is 23.0. The third-order valence-corrected chi connectivity index (χ3v) is 3.23. The number of nitrogens with zero attached hydrogens (tertiary/aromatic N) is 1. The summed E-state index contributed by atoms with van der Waals surface area (Å²) in [7, 11) is 0.398. The molecule has 1 heterocycles. The van der Waals surface area contributed by atoms with Gasteiger partial charge < -0.3 is 19.5 Å². The molecule has 0 radical (unpaired) electrons. The minimum atomic E-state index is -4.55. The maximum atomic E-state index is 11.0. The van der Waals surface area contributed by atoms with Crippen LogP contribution in [-0.2, 0) is 11.0 Å². The lowest BCUT2D eigenvalue weighted by Gasteiger charge is -2.11. The Labute approximate surface area is 123 Å². The van der Waals surface area contributed by atoms with Crippen LogP contribution >= 0.6 is 7.82 Å². The Morgan fingerprint density at radius 2 is 1.95 bits per heavy atom. The van der Waals surface area contributed by atoms with Gasteiger partial charge in [0.15, 0.2) is 0 Å². The zero-order valence-electron chi connectivity index (χ0n) is 12.3. The molecule has 0 saturated carbocycles. The molecule has 0 atom stereocenters. The number of likely N-dealkylation sites (N-methyl/N-ethyl adjacent to an activating group) is 1. The van der Waals surface area contributed by atoms with Crippen LogP contribution in [0.2, 0.25) is 0 Å². The van der Waals surface area contributed by atoms with Crippen molar-refractivity contribution in [1.29, 1.82) is 0 Å². The monoisotopic (exact) mass is 316 g/mol. The normalized spacial score (nSPS) is 11.4. The Balaban J connectivity index is 0.00000106. The molecule has 2 aromatic rings. The number of aromatic amines is 1. The van der Waals surface area contributed by atoms with Crippen LogP contribution in [0.1, 0.15) is 5.56 Å². The molecule has 0 bridgehead atoms. The van der Waals surface area contributed by atoms with Crippen molar-refractivity contribution < 1.29 is 24.0 Å². The molecular formula is C13H21N2O5P. The predicted octanol–water partition coefficient (Wildman–Crippen LogP) is 1.35. The summed E-state index contributed by atoms with van der Waals surface area (Å²) in [6.45, 7) is 0.844. The van der Waals surface area contributed by atoms with Crippen molar-refractivity contribution in [1.82, 2.24) is 9.88 Å². The molecule has 0 aliphatic rings. The summed E-state index contributed by atoms with van der Waals surface area (Å²) in [5.74, 6) is 0.209. The van der Waals surface area contributed by atoms with Crippen LogP contribution in [0, 0.1) is 0 Å². The molecule has 118 valence electrons. The number of phosphoric ester groups is 1. The van der Waals surface area contributed by atoms with Gasteiger partial charge in [0.2, 0.25) is 0 Å². The second-order valence-electron chi connectivity index (χ2n) is 4.63. The number of aromatic nitrogens is 1. The highest BCUT2D eigenvalue weighted by atomic mass is 31.2. The molecule has 7 nitrogen and oxygen atoms in total. The minimum Gasteiger partial charge on any atom is -0.404 e. The zero-order chi connectivity index (χ0) is 16.0. The molecule has 0 fully saturated rings. The fourth-order valence-corrected chi connectivity index (χ4v) is 2.37. The van der Waals surface area contributed by atoms with E-state index in [1.807, 2.05) is 31.3 Å². The number of nitrogens with one attached hydrogen (secondary N) is 1. The van der Waals surface area contributed by atoms with E-state index in [0.29, 0.717) is 0 Å². The number of hydrogen-bond donors (Lipinski definition) is 4. The van der Waals surface area contributed by atoms with Gasteiger partial charge in [-0.05, 0) is 38.2 Å². The molecule has 1 aromatic heterocycles. The van der Waals surface area contributed by atoms with Gasteiger partial charge in [0.1, 0.15) is 5.75 Å². The Hall–Kier alpha value is -1.37. The molecule has 0 saturated heterocycles. The Morgan fingerprint density at radius 3 is 2.52 bits per heavy atom. The van der Waals surface area contributed by atoms with Crippen LogP contribution in [0.3, 0.4) is 0 Å². The standard InChI is InChI=1S/C12H17N2O4P.CH4O/c1-14(2)7-6-9-8-13-10-4-3-5-11(12(9)10)18-19(15,16)17;1-2/h3-5,8,13H,6-7H2,1-2H3,(H2,15,16,17);2H,1H3. The van der Waals surface area contributed by atoms with Crippen molar-refractivity contribution in [3.05, 3.63) is 30.0 Å². The number of aliphatic hydroxyl groups is 1. The lowest BCUT2D eigenvalue weighted by molar-refractivity contribution is 0.284. The van der Waals surface area contributed by atoms with Gasteiger partial charge in [-0.3, -0.25) is 9.79 Å². The highest BCUT2D eigenvalue weighted by Gasteiger charge is 2.19. The number of H-pyrrole nitrogens is 1. The van der Waals surface area contributed by atoms with E-state index in [4.69, 9.17) is 19.4 Å². The lowest BCUT2D eigenvalue weighted by atomic mass is 10.1. The van der Waals surface area contributed by atoms with E-state index in [0.717, 1.165) is 36.5 Å². The molecule has 0 spiro atoms. The molecule has 8 heteroatoms. The van der Waals surface area contributed by atoms with Gasteiger partial charge in [-0.2, -0.15) is 0 Å². The van der Waals surface area contributed by atoms with Gasteiger partial charge in [-0.25, -0.2) is 4.57 Å². The van der Waals surface area contributed by atoms with Crippen LogP contribution in [-0.4, -0.2) is 52.5 Å². The quantitative estimate of drug-likeness (QED) is 0.621. The number of rotatable bonds is 5. The van der Waals surface area contributed by atoms with Crippen LogP contribution in [0.15, 0.2) is 24.4 Å². The number of aliphatic hydroxyl groups excluding tert-OH is 1. The van der Waals surface area contributed by atoms with Crippen LogP contribution in [0.5, 0.6) is 5.75 Å². The molecule has 1 aromatic carbocycles. The van der Waals surface area contributed by atoms with E-state index in [9.17, 15) is 4.57 Å². The third kappa shape index (κ3) is 5.15. The van der Waals surface area contributed by atoms with Crippen LogP contribution in [0.25, 0.3) is 10.9 Å². The third-order valence-electron chi connectivity index (χ3n) is 2.79. The summed E-state index contributed by atoms with van der Waals surface area (Å²) in [6, 6.07) is 5.11. The van der Waals surface area contributed by atoms with Crippen molar-refractivity contribution in [2.24, 2.45) is 0 Å². The number of benzene rings is 1. The maximum Gasteiger partial charge on any atom is 0.524 e. The van der Waals surface area contributed by atoms with Crippen molar-refractivity contribution in [3.63, 3.8) is 0 Å². The number of hydrogen-bond acceptors (Lipinski definition) is 4. The van der Waals surface area contributed by atoms with Crippen LogP contribution in [0.4, 0.5) is 0 Å². The Bertz CT molecular complexity index is 620. The molecule has 21 heavy (non-hydrogen) atoms. The van der Waals surface area contributed by atoms with Crippen molar-refractivity contribution in [3.8, 4) is 5.75 Å². The molecule has 0 amide bonds. The average molecular weight is 316 g/mol. The maximum absolute atomic E-state index is 11.0. The van der Waals surface area contributed by atoms with Gasteiger partial charge in [-0.1, -0.05) is 6.07 Å². The smallest absolute Gasteiger partial charge is 0.404 e. The summed E-state index contributed by atoms with van der Waals surface area (Å²) >= 11 is 0. The zero-order valence-corrected chi connectivity index (χ0v) is 13.2. The van der Waals surface area contributed by atoms with E-state index in [2.05, 4.69) is 4.98 Å². The molecule has 0 aliphatic carbocycles. The van der Waals surface area contributed by atoms with E-state index >= 15 is 0 Å². The largest absolute Gasteiger partial charge is 0.524 e. The summed E-state index contributed by atoms with van der Waals surface area (Å²) in [5, 5.41) is 7.73. The topological polar surface area (TPSA) is 106 Å². The van der Waals surface area contributed by atoms with Gasteiger partial charge >= 0.3 is 7.82 Å². The molecule has 0 unspecified atom stereocenters. The fourth-order valence-electron chi connectivity index (χ4n) is 1.97. The minimum absolute atomic E-state index is 0.209. The van der Waals surface area contributed by atoms with Crippen molar-refractivity contribution in [2.45, 2.75) is 6.42 Å². The van der Waals surface area contributed by atoms with Gasteiger partial charge in [0, 0.05) is 30.8 Å². The first-order chi connectivity index (χ1) is 9.87. The van der Waals surface area contributed by atoms with Gasteiger partial charge in [-0.15, -0.1) is 0 Å². The fraction of sp³-hybridized carbons (Fsp3) is 0.385. The highest BCUT2D eigenvalue weighted by Crippen LogP contribution is 2.41. The van der Waals surface area contributed by atoms with Crippen LogP contribution < -0.4 is 4.52 Å². The average Bonchev–Trinajstić information content (AvgIpc) is 2.81. The van der Waals surface area contributed by atoms with Gasteiger partial charge in [0.05, 0.1) is 0 Å². The molecular weight excluding hydrogens is 295 g/mol. The predicted molar refractivity (Wildman–Crippen MR) is 81.4 cm³/mol. The summed E-state index contributed by atoms with van der Waals surface area (Å²) in [5.41, 5.74) is 1.78. The Kier molecular flexibility index (Phi) is 6.39. The van der Waals surface area contributed by atoms with E-state index in [1.165, 1.54) is 0 Å². The molecule has 4 N–H and O–H groups in total. The lowest BCUT2D eigenvalue weighted by Crippen LogP contribution is -2.14. The molecule has 0 aliphatic heterocycles.